The summed E-state index contributed by atoms with van der Waals surface area (Å²) in [5.74, 6) is -1.09. The first kappa shape index (κ1) is 12.8. The molecule has 0 aromatic carbocycles. The summed E-state index contributed by atoms with van der Waals surface area (Å²) >= 11 is 0. The fraction of sp³-hybridized carbons (Fsp3) is 0.625. The third-order valence-corrected chi connectivity index (χ3v) is 1.38. The topological polar surface area (TPSA) is 49.3 Å². The minimum atomic E-state index is -4.10. The second kappa shape index (κ2) is 6.28. The number of alkyl halides is 3. The van der Waals surface area contributed by atoms with Gasteiger partial charge >= 0.3 is 12.1 Å². The Morgan fingerprint density at radius 2 is 2.00 bits per heavy atom. The van der Waals surface area contributed by atoms with Crippen molar-refractivity contribution >= 4 is 5.97 Å². The molecular formula is C8H12F3NO2. The maximum Gasteiger partial charge on any atom is 0.389 e. The SMILES string of the molecule is O=C(O)/C=C/NCCCCC(F)(F)F. The minimum Gasteiger partial charge on any atom is -0.478 e. The smallest absolute Gasteiger partial charge is 0.389 e. The number of hydrogen-bond donors (Lipinski definition) is 2. The van der Waals surface area contributed by atoms with Crippen molar-refractivity contribution in [1.29, 1.82) is 0 Å². The zero-order valence-corrected chi connectivity index (χ0v) is 7.47. The van der Waals surface area contributed by atoms with Crippen LogP contribution in [0.2, 0.25) is 0 Å². The van der Waals surface area contributed by atoms with Gasteiger partial charge in [0.2, 0.25) is 0 Å². The van der Waals surface area contributed by atoms with Gasteiger partial charge in [0.25, 0.3) is 0 Å². The molecule has 0 bridgehead atoms. The summed E-state index contributed by atoms with van der Waals surface area (Å²) in [6.45, 7) is 0.347. The molecule has 0 aromatic heterocycles. The lowest BCUT2D eigenvalue weighted by molar-refractivity contribution is -0.135. The third-order valence-electron chi connectivity index (χ3n) is 1.38. The van der Waals surface area contributed by atoms with E-state index in [-0.39, 0.29) is 6.42 Å². The van der Waals surface area contributed by atoms with E-state index < -0.39 is 18.6 Å². The molecule has 0 amide bonds. The molecule has 0 saturated carbocycles. The van der Waals surface area contributed by atoms with Gasteiger partial charge in [0.15, 0.2) is 0 Å². The predicted octanol–water partition coefficient (Wildman–Crippen LogP) is 1.91. The third kappa shape index (κ3) is 10.8. The zero-order valence-electron chi connectivity index (χ0n) is 7.47. The van der Waals surface area contributed by atoms with Crippen LogP contribution < -0.4 is 5.32 Å². The van der Waals surface area contributed by atoms with Gasteiger partial charge in [0, 0.05) is 25.2 Å². The Bertz CT molecular complexity index is 201. The summed E-state index contributed by atoms with van der Waals surface area (Å²) in [6.07, 6.45) is -2.38. The lowest BCUT2D eigenvalue weighted by Crippen LogP contribution is -2.11. The van der Waals surface area contributed by atoms with Gasteiger partial charge < -0.3 is 10.4 Å². The molecule has 0 radical (unpaired) electrons. The van der Waals surface area contributed by atoms with E-state index in [2.05, 4.69) is 5.32 Å². The highest BCUT2D eigenvalue weighted by Gasteiger charge is 2.25. The molecule has 0 aromatic rings. The van der Waals surface area contributed by atoms with Crippen molar-refractivity contribution < 1.29 is 23.1 Å². The number of aliphatic carboxylic acids is 1. The molecule has 0 heterocycles. The number of rotatable bonds is 6. The van der Waals surface area contributed by atoms with Crippen LogP contribution in [0.5, 0.6) is 0 Å². The monoisotopic (exact) mass is 211 g/mol. The van der Waals surface area contributed by atoms with Crippen LogP contribution in [0.4, 0.5) is 13.2 Å². The van der Waals surface area contributed by atoms with Crippen LogP contribution in [0.25, 0.3) is 0 Å². The molecule has 0 saturated heterocycles. The van der Waals surface area contributed by atoms with E-state index in [1.54, 1.807) is 0 Å². The Hall–Kier alpha value is -1.20. The fourth-order valence-corrected chi connectivity index (χ4v) is 0.766. The molecule has 3 nitrogen and oxygen atoms in total. The second-order valence-corrected chi connectivity index (χ2v) is 2.70. The van der Waals surface area contributed by atoms with Crippen molar-refractivity contribution in [1.82, 2.24) is 5.32 Å². The van der Waals surface area contributed by atoms with Crippen LogP contribution in [-0.4, -0.2) is 23.8 Å². The van der Waals surface area contributed by atoms with E-state index in [4.69, 9.17) is 5.11 Å². The first-order valence-electron chi connectivity index (χ1n) is 4.11. The van der Waals surface area contributed by atoms with Crippen molar-refractivity contribution in [2.24, 2.45) is 0 Å². The number of carboxylic acid groups (broad SMARTS) is 1. The molecule has 0 atom stereocenters. The first-order valence-corrected chi connectivity index (χ1v) is 4.11. The van der Waals surface area contributed by atoms with Crippen LogP contribution in [0.15, 0.2) is 12.3 Å². The molecule has 82 valence electrons. The van der Waals surface area contributed by atoms with Crippen LogP contribution in [-0.2, 0) is 4.79 Å². The Morgan fingerprint density at radius 3 is 2.50 bits per heavy atom. The van der Waals surface area contributed by atoms with E-state index in [1.807, 2.05) is 0 Å². The number of carbonyl (C=O) groups is 1. The maximum absolute atomic E-state index is 11.6. The van der Waals surface area contributed by atoms with Gasteiger partial charge in [0.1, 0.15) is 0 Å². The van der Waals surface area contributed by atoms with E-state index in [0.717, 1.165) is 6.08 Å². The second-order valence-electron chi connectivity index (χ2n) is 2.70. The van der Waals surface area contributed by atoms with Crippen LogP contribution in [0.1, 0.15) is 19.3 Å². The Labute approximate surface area is 79.6 Å². The van der Waals surface area contributed by atoms with Crippen molar-refractivity contribution in [2.75, 3.05) is 6.54 Å². The molecule has 6 heteroatoms. The fourth-order valence-electron chi connectivity index (χ4n) is 0.766. The summed E-state index contributed by atoms with van der Waals surface area (Å²) < 4.78 is 34.9. The lowest BCUT2D eigenvalue weighted by atomic mass is 10.2. The highest BCUT2D eigenvalue weighted by molar-refractivity contribution is 5.79. The number of carboxylic acids is 1. The summed E-state index contributed by atoms with van der Waals surface area (Å²) in [6, 6.07) is 0. The molecule has 14 heavy (non-hydrogen) atoms. The molecule has 0 aliphatic carbocycles. The van der Waals surface area contributed by atoms with Gasteiger partial charge in [-0.15, -0.1) is 0 Å². The number of halogens is 3. The summed E-state index contributed by atoms with van der Waals surface area (Å²) in [5.41, 5.74) is 0. The van der Waals surface area contributed by atoms with Crippen molar-refractivity contribution in [3.63, 3.8) is 0 Å². The van der Waals surface area contributed by atoms with Crippen LogP contribution in [0, 0.1) is 0 Å². The van der Waals surface area contributed by atoms with Crippen molar-refractivity contribution in [2.45, 2.75) is 25.4 Å². The van der Waals surface area contributed by atoms with E-state index in [1.165, 1.54) is 6.20 Å². The molecule has 0 unspecified atom stereocenters. The van der Waals surface area contributed by atoms with E-state index in [9.17, 15) is 18.0 Å². The van der Waals surface area contributed by atoms with Crippen LogP contribution in [0.3, 0.4) is 0 Å². The van der Waals surface area contributed by atoms with Crippen LogP contribution >= 0.6 is 0 Å². The van der Waals surface area contributed by atoms with Gasteiger partial charge in [-0.3, -0.25) is 0 Å². The quantitative estimate of drug-likeness (QED) is 0.521. The maximum atomic E-state index is 11.6. The van der Waals surface area contributed by atoms with Gasteiger partial charge in [-0.25, -0.2) is 4.79 Å². The molecular weight excluding hydrogens is 199 g/mol. The summed E-state index contributed by atoms with van der Waals surface area (Å²) in [4.78, 5) is 9.94. The lowest BCUT2D eigenvalue weighted by Gasteiger charge is -2.05. The molecule has 0 rings (SSSR count). The average Bonchev–Trinajstić information content (AvgIpc) is 2.00. The van der Waals surface area contributed by atoms with Crippen molar-refractivity contribution in [3.8, 4) is 0 Å². The highest BCUT2D eigenvalue weighted by atomic mass is 19.4. The van der Waals surface area contributed by atoms with Gasteiger partial charge in [0.05, 0.1) is 0 Å². The average molecular weight is 211 g/mol. The summed E-state index contributed by atoms with van der Waals surface area (Å²) in [7, 11) is 0. The highest BCUT2D eigenvalue weighted by Crippen LogP contribution is 2.21. The molecule has 2 N–H and O–H groups in total. The Balaban J connectivity index is 3.27. The first-order chi connectivity index (χ1) is 6.42. The minimum absolute atomic E-state index is 0.0530. The molecule has 0 fully saturated rings. The van der Waals surface area contributed by atoms with Gasteiger partial charge in [-0.2, -0.15) is 13.2 Å². The van der Waals surface area contributed by atoms with Gasteiger partial charge in [-0.1, -0.05) is 0 Å². The Morgan fingerprint density at radius 1 is 1.36 bits per heavy atom. The molecule has 0 aliphatic heterocycles. The number of unbranched alkanes of at least 4 members (excludes halogenated alkanes) is 1. The normalized spacial score (nSPS) is 11.9. The number of hydrogen-bond acceptors (Lipinski definition) is 2. The van der Waals surface area contributed by atoms with E-state index >= 15 is 0 Å². The van der Waals surface area contributed by atoms with Gasteiger partial charge in [-0.05, 0) is 12.8 Å². The van der Waals surface area contributed by atoms with Crippen molar-refractivity contribution in [3.05, 3.63) is 12.3 Å². The molecule has 0 spiro atoms. The Kier molecular flexibility index (Phi) is 5.74. The molecule has 0 aliphatic rings. The predicted molar refractivity (Wildman–Crippen MR) is 44.7 cm³/mol. The largest absolute Gasteiger partial charge is 0.478 e. The summed E-state index contributed by atoms with van der Waals surface area (Å²) in [5, 5.41) is 10.7. The number of nitrogens with one attached hydrogen (secondary N) is 1. The zero-order chi connectivity index (χ0) is 11.0. The standard InChI is InChI=1S/C8H12F3NO2/c9-8(10,11)4-1-2-5-12-6-3-7(13)14/h3,6,12H,1-2,4-5H2,(H,13,14)/b6-3+. The van der Waals surface area contributed by atoms with E-state index in [0.29, 0.717) is 13.0 Å².